The van der Waals surface area contributed by atoms with Crippen LogP contribution in [0.25, 0.3) is 5.82 Å². The van der Waals surface area contributed by atoms with Crippen molar-refractivity contribution in [1.82, 2.24) is 20.1 Å². The molecule has 0 unspecified atom stereocenters. The highest BCUT2D eigenvalue weighted by molar-refractivity contribution is 5.68. The SMILES string of the molecule is CC(C)(C)OC(=O)N[C@@H]1CCC[C@H]1Nc1cnn(-c2ccccn2)c1. The first-order chi connectivity index (χ1) is 11.9. The van der Waals surface area contributed by atoms with Crippen molar-refractivity contribution in [2.75, 3.05) is 5.32 Å². The van der Waals surface area contributed by atoms with Gasteiger partial charge in [-0.2, -0.15) is 5.10 Å². The maximum absolute atomic E-state index is 12.0. The standard InChI is InChI=1S/C18H25N5O2/c1-18(2,3)25-17(24)22-15-8-6-7-14(15)21-13-11-20-23(12-13)16-9-4-5-10-19-16/h4-5,9-12,14-15,21H,6-8H2,1-3H3,(H,22,24)/t14-,15-/m1/s1. The minimum atomic E-state index is -0.491. The number of carbonyl (C=O) groups is 1. The van der Waals surface area contributed by atoms with Crippen LogP contribution in [0.1, 0.15) is 40.0 Å². The fourth-order valence-corrected chi connectivity index (χ4v) is 2.99. The molecule has 0 spiro atoms. The van der Waals surface area contributed by atoms with E-state index in [-0.39, 0.29) is 18.2 Å². The molecule has 0 bridgehead atoms. The molecule has 2 aromatic heterocycles. The predicted octanol–water partition coefficient (Wildman–Crippen LogP) is 3.13. The lowest BCUT2D eigenvalue weighted by Crippen LogP contribution is -2.45. The van der Waals surface area contributed by atoms with Crippen molar-refractivity contribution in [2.45, 2.75) is 57.7 Å². The van der Waals surface area contributed by atoms with E-state index in [9.17, 15) is 4.79 Å². The molecule has 7 heteroatoms. The van der Waals surface area contributed by atoms with Gasteiger partial charge in [-0.15, -0.1) is 0 Å². The molecule has 3 rings (SSSR count). The fraction of sp³-hybridized carbons (Fsp3) is 0.500. The smallest absolute Gasteiger partial charge is 0.407 e. The number of amides is 1. The van der Waals surface area contributed by atoms with E-state index in [0.29, 0.717) is 0 Å². The van der Waals surface area contributed by atoms with Gasteiger partial charge in [-0.05, 0) is 52.2 Å². The highest BCUT2D eigenvalue weighted by atomic mass is 16.6. The number of pyridine rings is 1. The molecular formula is C18H25N5O2. The number of rotatable bonds is 4. The van der Waals surface area contributed by atoms with E-state index in [1.807, 2.05) is 45.2 Å². The Morgan fingerprint density at radius 3 is 2.80 bits per heavy atom. The summed E-state index contributed by atoms with van der Waals surface area (Å²) in [4.78, 5) is 16.3. The highest BCUT2D eigenvalue weighted by Gasteiger charge is 2.30. The number of alkyl carbamates (subject to hydrolysis) is 1. The van der Waals surface area contributed by atoms with E-state index < -0.39 is 5.60 Å². The normalized spacial score (nSPS) is 20.3. The molecule has 1 amide bonds. The van der Waals surface area contributed by atoms with Crippen LogP contribution in [0.15, 0.2) is 36.8 Å². The van der Waals surface area contributed by atoms with Crippen molar-refractivity contribution in [3.05, 3.63) is 36.8 Å². The molecule has 2 aromatic rings. The zero-order valence-corrected chi connectivity index (χ0v) is 14.9. The van der Waals surface area contributed by atoms with Gasteiger partial charge in [0.25, 0.3) is 0 Å². The minimum Gasteiger partial charge on any atom is -0.444 e. The number of hydrogen-bond donors (Lipinski definition) is 2. The summed E-state index contributed by atoms with van der Waals surface area (Å²) < 4.78 is 7.09. The van der Waals surface area contributed by atoms with Crippen LogP contribution in [0.4, 0.5) is 10.5 Å². The third-order valence-corrected chi connectivity index (χ3v) is 4.04. The number of ether oxygens (including phenoxy) is 1. The minimum absolute atomic E-state index is 0.0491. The Kier molecular flexibility index (Phi) is 4.92. The number of hydrogen-bond acceptors (Lipinski definition) is 5. The molecule has 0 radical (unpaired) electrons. The van der Waals surface area contributed by atoms with Gasteiger partial charge in [0.2, 0.25) is 0 Å². The lowest BCUT2D eigenvalue weighted by atomic mass is 10.1. The molecule has 1 aliphatic rings. The lowest BCUT2D eigenvalue weighted by Gasteiger charge is -2.25. The second kappa shape index (κ2) is 7.13. The van der Waals surface area contributed by atoms with Crippen molar-refractivity contribution in [1.29, 1.82) is 0 Å². The van der Waals surface area contributed by atoms with Crippen molar-refractivity contribution in [3.63, 3.8) is 0 Å². The second-order valence-electron chi connectivity index (χ2n) is 7.30. The summed E-state index contributed by atoms with van der Waals surface area (Å²) >= 11 is 0. The molecule has 0 aliphatic heterocycles. The van der Waals surface area contributed by atoms with Gasteiger partial charge in [-0.1, -0.05) is 6.07 Å². The first kappa shape index (κ1) is 17.3. The maximum Gasteiger partial charge on any atom is 0.407 e. The Balaban J connectivity index is 1.60. The van der Waals surface area contributed by atoms with E-state index in [2.05, 4.69) is 20.7 Å². The molecule has 25 heavy (non-hydrogen) atoms. The van der Waals surface area contributed by atoms with E-state index in [4.69, 9.17) is 4.74 Å². The van der Waals surface area contributed by atoms with Gasteiger partial charge in [0.15, 0.2) is 5.82 Å². The molecular weight excluding hydrogens is 318 g/mol. The molecule has 2 atom stereocenters. The van der Waals surface area contributed by atoms with Crippen LogP contribution in [0.2, 0.25) is 0 Å². The molecule has 1 fully saturated rings. The van der Waals surface area contributed by atoms with Crippen molar-refractivity contribution < 1.29 is 9.53 Å². The summed E-state index contributed by atoms with van der Waals surface area (Å²) in [6.07, 6.45) is 8.05. The Labute approximate surface area is 147 Å². The maximum atomic E-state index is 12.0. The van der Waals surface area contributed by atoms with Gasteiger partial charge in [-0.25, -0.2) is 14.5 Å². The molecule has 1 aliphatic carbocycles. The third-order valence-electron chi connectivity index (χ3n) is 4.04. The van der Waals surface area contributed by atoms with Gasteiger partial charge < -0.3 is 15.4 Å². The number of nitrogens with zero attached hydrogens (tertiary/aromatic N) is 3. The van der Waals surface area contributed by atoms with Crippen LogP contribution in [-0.4, -0.2) is 38.5 Å². The second-order valence-corrected chi connectivity index (χ2v) is 7.30. The summed E-state index contributed by atoms with van der Waals surface area (Å²) in [6, 6.07) is 5.91. The summed E-state index contributed by atoms with van der Waals surface area (Å²) in [5.74, 6) is 0.769. The largest absolute Gasteiger partial charge is 0.444 e. The zero-order chi connectivity index (χ0) is 17.9. The van der Waals surface area contributed by atoms with Gasteiger partial charge in [-0.3, -0.25) is 0 Å². The monoisotopic (exact) mass is 343 g/mol. The summed E-state index contributed by atoms with van der Waals surface area (Å²) in [7, 11) is 0. The average molecular weight is 343 g/mol. The highest BCUT2D eigenvalue weighted by Crippen LogP contribution is 2.24. The van der Waals surface area contributed by atoms with Gasteiger partial charge in [0.05, 0.1) is 24.1 Å². The van der Waals surface area contributed by atoms with Crippen LogP contribution in [0.5, 0.6) is 0 Å². The molecule has 134 valence electrons. The Morgan fingerprint density at radius 2 is 2.08 bits per heavy atom. The first-order valence-corrected chi connectivity index (χ1v) is 8.63. The molecule has 2 N–H and O–H groups in total. The van der Waals surface area contributed by atoms with E-state index >= 15 is 0 Å². The van der Waals surface area contributed by atoms with E-state index in [1.54, 1.807) is 17.1 Å². The van der Waals surface area contributed by atoms with E-state index in [1.165, 1.54) is 0 Å². The summed E-state index contributed by atoms with van der Waals surface area (Å²) in [5, 5.41) is 10.8. The third kappa shape index (κ3) is 4.71. The molecule has 7 nitrogen and oxygen atoms in total. The fourth-order valence-electron chi connectivity index (χ4n) is 2.99. The molecule has 0 aromatic carbocycles. The topological polar surface area (TPSA) is 81.1 Å². The van der Waals surface area contributed by atoms with E-state index in [0.717, 1.165) is 30.8 Å². The van der Waals surface area contributed by atoms with Gasteiger partial charge >= 0.3 is 6.09 Å². The first-order valence-electron chi connectivity index (χ1n) is 8.63. The molecule has 0 saturated heterocycles. The Hall–Kier alpha value is -2.57. The number of aromatic nitrogens is 3. The molecule has 1 saturated carbocycles. The molecule has 2 heterocycles. The van der Waals surface area contributed by atoms with Crippen molar-refractivity contribution in [3.8, 4) is 5.82 Å². The number of nitrogens with one attached hydrogen (secondary N) is 2. The predicted molar refractivity (Wildman–Crippen MR) is 95.8 cm³/mol. The average Bonchev–Trinajstić information content (AvgIpc) is 3.17. The quantitative estimate of drug-likeness (QED) is 0.891. The Morgan fingerprint density at radius 1 is 1.28 bits per heavy atom. The zero-order valence-electron chi connectivity index (χ0n) is 14.9. The Bertz CT molecular complexity index is 708. The van der Waals surface area contributed by atoms with Gasteiger partial charge in [0, 0.05) is 12.2 Å². The summed E-state index contributed by atoms with van der Waals surface area (Å²) in [5.41, 5.74) is 0.420. The van der Waals surface area contributed by atoms with Crippen LogP contribution >= 0.6 is 0 Å². The summed E-state index contributed by atoms with van der Waals surface area (Å²) in [6.45, 7) is 5.59. The van der Waals surface area contributed by atoms with Crippen LogP contribution < -0.4 is 10.6 Å². The van der Waals surface area contributed by atoms with Crippen LogP contribution in [0.3, 0.4) is 0 Å². The lowest BCUT2D eigenvalue weighted by molar-refractivity contribution is 0.0503. The number of anilines is 1. The van der Waals surface area contributed by atoms with Crippen LogP contribution in [0, 0.1) is 0 Å². The van der Waals surface area contributed by atoms with Crippen molar-refractivity contribution >= 4 is 11.8 Å². The number of carbonyl (C=O) groups excluding carboxylic acids is 1. The van der Waals surface area contributed by atoms with Gasteiger partial charge in [0.1, 0.15) is 5.60 Å². The van der Waals surface area contributed by atoms with Crippen molar-refractivity contribution in [2.24, 2.45) is 0 Å². The van der Waals surface area contributed by atoms with Crippen LogP contribution in [-0.2, 0) is 4.74 Å².